The smallest absolute Gasteiger partial charge is 0.191 e. The molecule has 2 N–H and O–H groups in total. The SMILES string of the molecule is CCNC(=NCc1ccc(C)cc1OCC)NCC1(CCOC)CCC1.I. The van der Waals surface area contributed by atoms with Crippen LogP contribution in [0.3, 0.4) is 0 Å². The van der Waals surface area contributed by atoms with Crippen LogP contribution in [0.5, 0.6) is 5.75 Å². The predicted octanol–water partition coefficient (Wildman–Crippen LogP) is 4.27. The third-order valence-corrected chi connectivity index (χ3v) is 5.16. The zero-order chi connectivity index (χ0) is 18.8. The number of rotatable bonds is 10. The van der Waals surface area contributed by atoms with Crippen LogP contribution in [0, 0.1) is 12.3 Å². The number of guanidine groups is 1. The second kappa shape index (κ2) is 12.4. The predicted molar refractivity (Wildman–Crippen MR) is 123 cm³/mol. The minimum absolute atomic E-state index is 0. The fourth-order valence-corrected chi connectivity index (χ4v) is 3.37. The van der Waals surface area contributed by atoms with Crippen molar-refractivity contribution in [2.24, 2.45) is 10.4 Å². The van der Waals surface area contributed by atoms with Crippen LogP contribution >= 0.6 is 24.0 Å². The van der Waals surface area contributed by atoms with Gasteiger partial charge in [-0.3, -0.25) is 0 Å². The topological polar surface area (TPSA) is 54.9 Å². The Morgan fingerprint density at radius 3 is 2.59 bits per heavy atom. The summed E-state index contributed by atoms with van der Waals surface area (Å²) < 4.78 is 11.1. The Morgan fingerprint density at radius 1 is 1.22 bits per heavy atom. The first-order valence-corrected chi connectivity index (χ1v) is 9.86. The Labute approximate surface area is 181 Å². The average molecular weight is 489 g/mol. The van der Waals surface area contributed by atoms with Crippen LogP contribution in [0.25, 0.3) is 0 Å². The highest BCUT2D eigenvalue weighted by atomic mass is 127. The van der Waals surface area contributed by atoms with Crippen molar-refractivity contribution in [3.63, 3.8) is 0 Å². The van der Waals surface area contributed by atoms with Gasteiger partial charge in [-0.05, 0) is 57.1 Å². The monoisotopic (exact) mass is 489 g/mol. The lowest BCUT2D eigenvalue weighted by Gasteiger charge is -2.42. The van der Waals surface area contributed by atoms with E-state index in [0.717, 1.165) is 43.4 Å². The zero-order valence-electron chi connectivity index (χ0n) is 17.3. The van der Waals surface area contributed by atoms with Crippen molar-refractivity contribution in [3.8, 4) is 5.75 Å². The molecule has 0 bridgehead atoms. The molecule has 1 aromatic rings. The molecule has 0 aliphatic heterocycles. The van der Waals surface area contributed by atoms with Crippen LogP contribution in [0.4, 0.5) is 0 Å². The van der Waals surface area contributed by atoms with Crippen molar-refractivity contribution < 1.29 is 9.47 Å². The highest BCUT2D eigenvalue weighted by Crippen LogP contribution is 2.43. The molecule has 0 atom stereocenters. The van der Waals surface area contributed by atoms with Gasteiger partial charge in [-0.1, -0.05) is 18.6 Å². The number of hydrogen-bond donors (Lipinski definition) is 2. The fraction of sp³-hybridized carbons (Fsp3) is 0.667. The molecule has 0 heterocycles. The van der Waals surface area contributed by atoms with Crippen LogP contribution in [0.2, 0.25) is 0 Å². The maximum Gasteiger partial charge on any atom is 0.191 e. The molecule has 5 nitrogen and oxygen atoms in total. The summed E-state index contributed by atoms with van der Waals surface area (Å²) in [6.45, 7) is 10.1. The number of hydrogen-bond acceptors (Lipinski definition) is 3. The van der Waals surface area contributed by atoms with Gasteiger partial charge in [-0.15, -0.1) is 24.0 Å². The van der Waals surface area contributed by atoms with Crippen molar-refractivity contribution in [2.75, 3.05) is 33.4 Å². The summed E-state index contributed by atoms with van der Waals surface area (Å²) in [6.07, 6.45) is 4.98. The van der Waals surface area contributed by atoms with Crippen molar-refractivity contribution >= 4 is 29.9 Å². The Morgan fingerprint density at radius 2 is 2.00 bits per heavy atom. The van der Waals surface area contributed by atoms with Crippen LogP contribution in [0.15, 0.2) is 23.2 Å². The van der Waals surface area contributed by atoms with Crippen LogP contribution in [-0.2, 0) is 11.3 Å². The number of aliphatic imine (C=N–C) groups is 1. The van der Waals surface area contributed by atoms with Crippen LogP contribution in [-0.4, -0.2) is 39.4 Å². The summed E-state index contributed by atoms with van der Waals surface area (Å²) >= 11 is 0. The van der Waals surface area contributed by atoms with E-state index in [9.17, 15) is 0 Å². The van der Waals surface area contributed by atoms with Gasteiger partial charge in [0.05, 0.1) is 13.2 Å². The molecule has 27 heavy (non-hydrogen) atoms. The lowest BCUT2D eigenvalue weighted by Crippen LogP contribution is -2.46. The maximum absolute atomic E-state index is 5.77. The molecule has 6 heteroatoms. The van der Waals surface area contributed by atoms with E-state index in [1.807, 2.05) is 6.92 Å². The van der Waals surface area contributed by atoms with E-state index >= 15 is 0 Å². The molecule has 1 aliphatic carbocycles. The number of ether oxygens (including phenoxy) is 2. The van der Waals surface area contributed by atoms with E-state index in [2.05, 4.69) is 42.7 Å². The van der Waals surface area contributed by atoms with Crippen molar-refractivity contribution in [2.45, 2.75) is 53.0 Å². The van der Waals surface area contributed by atoms with Gasteiger partial charge >= 0.3 is 0 Å². The first-order valence-electron chi connectivity index (χ1n) is 9.86. The molecule has 0 radical (unpaired) electrons. The standard InChI is InChI=1S/C21H35N3O2.HI/c1-5-22-20(24-16-21(10-7-11-21)12-13-25-4)23-15-18-9-8-17(3)14-19(18)26-6-2;/h8-9,14H,5-7,10-13,15-16H2,1-4H3,(H2,22,23,24);1H. The minimum Gasteiger partial charge on any atom is -0.494 e. The second-order valence-electron chi connectivity index (χ2n) is 7.19. The van der Waals surface area contributed by atoms with E-state index in [4.69, 9.17) is 14.5 Å². The molecule has 154 valence electrons. The highest BCUT2D eigenvalue weighted by Gasteiger charge is 2.36. The molecular formula is C21H36IN3O2. The molecule has 0 aromatic heterocycles. The van der Waals surface area contributed by atoms with E-state index in [-0.39, 0.29) is 24.0 Å². The molecule has 0 amide bonds. The van der Waals surface area contributed by atoms with Gasteiger partial charge in [0.25, 0.3) is 0 Å². The molecule has 2 rings (SSSR count). The van der Waals surface area contributed by atoms with Gasteiger partial charge in [-0.2, -0.15) is 0 Å². The first-order chi connectivity index (χ1) is 12.6. The summed E-state index contributed by atoms with van der Waals surface area (Å²) in [5.74, 6) is 1.81. The lowest BCUT2D eigenvalue weighted by atomic mass is 9.67. The van der Waals surface area contributed by atoms with Gasteiger partial charge in [0.1, 0.15) is 5.75 Å². The molecule has 1 aromatic carbocycles. The Balaban J connectivity index is 0.00000364. The van der Waals surface area contributed by atoms with Crippen molar-refractivity contribution in [1.82, 2.24) is 10.6 Å². The summed E-state index contributed by atoms with van der Waals surface area (Å²) in [7, 11) is 1.78. The normalized spacial score (nSPS) is 15.5. The molecule has 1 fully saturated rings. The molecular weight excluding hydrogens is 453 g/mol. The average Bonchev–Trinajstić information content (AvgIpc) is 2.60. The first kappa shape index (κ1) is 24.0. The molecule has 0 unspecified atom stereocenters. The number of nitrogens with zero attached hydrogens (tertiary/aromatic N) is 1. The highest BCUT2D eigenvalue weighted by molar-refractivity contribution is 14.0. The van der Waals surface area contributed by atoms with Crippen LogP contribution < -0.4 is 15.4 Å². The lowest BCUT2D eigenvalue weighted by molar-refractivity contribution is 0.0732. The third kappa shape index (κ3) is 7.49. The van der Waals surface area contributed by atoms with E-state index in [0.29, 0.717) is 18.6 Å². The summed E-state index contributed by atoms with van der Waals surface area (Å²) in [5.41, 5.74) is 2.69. The maximum atomic E-state index is 5.77. The summed E-state index contributed by atoms with van der Waals surface area (Å²) in [4.78, 5) is 4.78. The molecule has 0 spiro atoms. The largest absolute Gasteiger partial charge is 0.494 e. The number of halogens is 1. The second-order valence-corrected chi connectivity index (χ2v) is 7.19. The number of nitrogens with one attached hydrogen (secondary N) is 2. The van der Waals surface area contributed by atoms with Gasteiger partial charge in [0, 0.05) is 32.4 Å². The molecule has 1 saturated carbocycles. The van der Waals surface area contributed by atoms with E-state index < -0.39 is 0 Å². The summed E-state index contributed by atoms with van der Waals surface area (Å²) in [6, 6.07) is 6.31. The minimum atomic E-state index is 0. The van der Waals surface area contributed by atoms with E-state index in [1.54, 1.807) is 7.11 Å². The van der Waals surface area contributed by atoms with Crippen LogP contribution in [0.1, 0.15) is 50.7 Å². The molecule has 0 saturated heterocycles. The number of aryl methyl sites for hydroxylation is 1. The van der Waals surface area contributed by atoms with E-state index in [1.165, 1.54) is 24.8 Å². The Bertz CT molecular complexity index is 589. The zero-order valence-corrected chi connectivity index (χ0v) is 19.6. The number of methoxy groups -OCH3 is 1. The van der Waals surface area contributed by atoms with Crippen molar-refractivity contribution in [3.05, 3.63) is 29.3 Å². The van der Waals surface area contributed by atoms with Gasteiger partial charge in [0.2, 0.25) is 0 Å². The van der Waals surface area contributed by atoms with Gasteiger partial charge in [-0.25, -0.2) is 4.99 Å². The Hall–Kier alpha value is -1.02. The Kier molecular flexibility index (Phi) is 11.1. The fourth-order valence-electron chi connectivity index (χ4n) is 3.37. The molecule has 1 aliphatic rings. The van der Waals surface area contributed by atoms with Gasteiger partial charge in [0.15, 0.2) is 5.96 Å². The third-order valence-electron chi connectivity index (χ3n) is 5.16. The summed E-state index contributed by atoms with van der Waals surface area (Å²) in [5, 5.41) is 6.91. The van der Waals surface area contributed by atoms with Gasteiger partial charge < -0.3 is 20.1 Å². The van der Waals surface area contributed by atoms with Crippen molar-refractivity contribution in [1.29, 1.82) is 0 Å². The quantitative estimate of drug-likeness (QED) is 0.293. The number of benzene rings is 1.